The molecule has 7 heteroatoms. The van der Waals surface area contributed by atoms with Crippen molar-refractivity contribution in [1.82, 2.24) is 20.9 Å². The monoisotopic (exact) mass is 359 g/mol. The van der Waals surface area contributed by atoms with Gasteiger partial charge in [-0.15, -0.1) is 0 Å². The molecule has 0 aromatic heterocycles. The van der Waals surface area contributed by atoms with Gasteiger partial charge in [0, 0.05) is 52.8 Å². The minimum Gasteiger partial charge on any atom is -0.359 e. The lowest BCUT2D eigenvalue weighted by molar-refractivity contribution is -0.121. The third-order valence-corrected chi connectivity index (χ3v) is 4.77. The Kier molecular flexibility index (Phi) is 7.44. The number of hydrogen-bond acceptors (Lipinski definition) is 3. The van der Waals surface area contributed by atoms with Crippen LogP contribution in [0.15, 0.2) is 29.3 Å². The number of nitrogens with zero attached hydrogens (tertiary/aromatic N) is 2. The number of amides is 2. The highest BCUT2D eigenvalue weighted by Gasteiger charge is 2.22. The van der Waals surface area contributed by atoms with E-state index >= 15 is 0 Å². The first kappa shape index (κ1) is 19.8. The average Bonchev–Trinajstić information content (AvgIpc) is 2.69. The maximum Gasteiger partial charge on any atom is 0.251 e. The molecule has 0 bridgehead atoms. The highest BCUT2D eigenvalue weighted by Crippen LogP contribution is 2.20. The van der Waals surface area contributed by atoms with Gasteiger partial charge in [-0.25, -0.2) is 0 Å². The Bertz CT molecular complexity index is 634. The van der Waals surface area contributed by atoms with Gasteiger partial charge >= 0.3 is 0 Å². The van der Waals surface area contributed by atoms with E-state index in [9.17, 15) is 9.59 Å². The van der Waals surface area contributed by atoms with Gasteiger partial charge in [0.1, 0.15) is 0 Å². The fourth-order valence-electron chi connectivity index (χ4n) is 3.14. The number of guanidine groups is 1. The molecule has 1 fully saturated rings. The van der Waals surface area contributed by atoms with Crippen molar-refractivity contribution in [2.75, 3.05) is 34.2 Å². The van der Waals surface area contributed by atoms with E-state index < -0.39 is 0 Å². The number of benzene rings is 1. The summed E-state index contributed by atoms with van der Waals surface area (Å²) in [5, 5.41) is 8.69. The summed E-state index contributed by atoms with van der Waals surface area (Å²) in [6.07, 6.45) is 2.60. The van der Waals surface area contributed by atoms with E-state index in [1.165, 1.54) is 0 Å². The van der Waals surface area contributed by atoms with Crippen LogP contribution in [0.5, 0.6) is 0 Å². The van der Waals surface area contributed by atoms with Gasteiger partial charge in [0.2, 0.25) is 5.91 Å². The number of rotatable bonds is 5. The molecule has 1 aliphatic heterocycles. The van der Waals surface area contributed by atoms with Crippen LogP contribution in [-0.4, -0.2) is 56.9 Å². The molecular formula is C19H29N5O2. The Balaban J connectivity index is 1.83. The van der Waals surface area contributed by atoms with E-state index in [-0.39, 0.29) is 11.8 Å². The van der Waals surface area contributed by atoms with E-state index in [4.69, 9.17) is 0 Å². The first-order valence-corrected chi connectivity index (χ1v) is 9.04. The molecule has 2 amide bonds. The second kappa shape index (κ2) is 9.79. The average molecular weight is 359 g/mol. The summed E-state index contributed by atoms with van der Waals surface area (Å²) in [6, 6.07) is 7.53. The zero-order valence-electron chi connectivity index (χ0n) is 15.8. The van der Waals surface area contributed by atoms with Crippen LogP contribution < -0.4 is 16.0 Å². The van der Waals surface area contributed by atoms with Gasteiger partial charge in [0.05, 0.1) is 0 Å². The predicted molar refractivity (Wildman–Crippen MR) is 103 cm³/mol. The molecule has 2 rings (SSSR count). The number of aliphatic imine (C=N–C) groups is 1. The second-order valence-electron chi connectivity index (χ2n) is 6.48. The Labute approximate surface area is 155 Å². The third-order valence-electron chi connectivity index (χ3n) is 4.77. The molecule has 0 radical (unpaired) electrons. The smallest absolute Gasteiger partial charge is 0.251 e. The van der Waals surface area contributed by atoms with Gasteiger partial charge < -0.3 is 20.9 Å². The summed E-state index contributed by atoms with van der Waals surface area (Å²) >= 11 is 0. The van der Waals surface area contributed by atoms with Crippen molar-refractivity contribution in [2.45, 2.75) is 25.8 Å². The van der Waals surface area contributed by atoms with Crippen LogP contribution in [0, 0.1) is 5.92 Å². The standard InChI is InChI=1S/C19H29N5O2/c1-20-17(25)12-14-8-10-24(11-9-14)19(22-3)23-13-15-4-6-16(7-5-15)18(26)21-2/h4-7,14H,8-13H2,1-3H3,(H,20,25)(H,21,26)(H,22,23). The fourth-order valence-corrected chi connectivity index (χ4v) is 3.14. The first-order valence-electron chi connectivity index (χ1n) is 9.04. The van der Waals surface area contributed by atoms with Crippen molar-refractivity contribution in [3.63, 3.8) is 0 Å². The molecule has 1 aromatic rings. The minimum atomic E-state index is -0.0834. The number of nitrogens with one attached hydrogen (secondary N) is 3. The van der Waals surface area contributed by atoms with Crippen molar-refractivity contribution in [3.05, 3.63) is 35.4 Å². The lowest BCUT2D eigenvalue weighted by atomic mass is 9.93. The minimum absolute atomic E-state index is 0.0834. The molecule has 7 nitrogen and oxygen atoms in total. The van der Waals surface area contributed by atoms with Crippen LogP contribution in [-0.2, 0) is 11.3 Å². The zero-order valence-corrected chi connectivity index (χ0v) is 15.8. The van der Waals surface area contributed by atoms with Gasteiger partial charge in [-0.2, -0.15) is 0 Å². The number of piperidine rings is 1. The van der Waals surface area contributed by atoms with E-state index in [2.05, 4.69) is 25.8 Å². The van der Waals surface area contributed by atoms with Crippen LogP contribution in [0.25, 0.3) is 0 Å². The summed E-state index contributed by atoms with van der Waals surface area (Å²) in [7, 11) is 5.09. The summed E-state index contributed by atoms with van der Waals surface area (Å²) in [5.74, 6) is 1.35. The summed E-state index contributed by atoms with van der Waals surface area (Å²) in [4.78, 5) is 29.7. The van der Waals surface area contributed by atoms with E-state index in [1.54, 1.807) is 21.1 Å². The first-order chi connectivity index (χ1) is 12.6. The van der Waals surface area contributed by atoms with Gasteiger partial charge in [-0.05, 0) is 36.5 Å². The van der Waals surface area contributed by atoms with Crippen molar-refractivity contribution in [1.29, 1.82) is 0 Å². The number of carbonyl (C=O) groups is 2. The molecule has 1 aromatic carbocycles. The van der Waals surface area contributed by atoms with Gasteiger partial charge in [-0.1, -0.05) is 12.1 Å². The van der Waals surface area contributed by atoms with Crippen molar-refractivity contribution in [3.8, 4) is 0 Å². The van der Waals surface area contributed by atoms with Crippen LogP contribution >= 0.6 is 0 Å². The third kappa shape index (κ3) is 5.47. The van der Waals surface area contributed by atoms with Crippen molar-refractivity contribution < 1.29 is 9.59 Å². The molecule has 0 aliphatic carbocycles. The Morgan fingerprint density at radius 2 is 1.77 bits per heavy atom. The number of hydrogen-bond donors (Lipinski definition) is 3. The number of carbonyl (C=O) groups excluding carboxylic acids is 2. The summed E-state index contributed by atoms with van der Waals surface area (Å²) < 4.78 is 0. The molecule has 0 spiro atoms. The molecule has 1 saturated heterocycles. The number of likely N-dealkylation sites (tertiary alicyclic amines) is 1. The van der Waals surface area contributed by atoms with E-state index in [0.29, 0.717) is 24.4 Å². The van der Waals surface area contributed by atoms with Crippen LogP contribution in [0.2, 0.25) is 0 Å². The fraction of sp³-hybridized carbons (Fsp3) is 0.526. The summed E-state index contributed by atoms with van der Waals surface area (Å²) in [5.41, 5.74) is 1.74. The van der Waals surface area contributed by atoms with E-state index in [0.717, 1.165) is 37.5 Å². The lowest BCUT2D eigenvalue weighted by Gasteiger charge is -2.34. The van der Waals surface area contributed by atoms with E-state index in [1.807, 2.05) is 24.3 Å². The molecule has 0 saturated carbocycles. The molecule has 0 atom stereocenters. The van der Waals surface area contributed by atoms with Crippen molar-refractivity contribution >= 4 is 17.8 Å². The zero-order chi connectivity index (χ0) is 18.9. The maximum atomic E-state index is 11.6. The highest BCUT2D eigenvalue weighted by molar-refractivity contribution is 5.93. The summed E-state index contributed by atoms with van der Waals surface area (Å²) in [6.45, 7) is 2.45. The second-order valence-corrected chi connectivity index (χ2v) is 6.48. The largest absolute Gasteiger partial charge is 0.359 e. The van der Waals surface area contributed by atoms with Gasteiger partial charge in [-0.3, -0.25) is 14.6 Å². The van der Waals surface area contributed by atoms with Crippen LogP contribution in [0.3, 0.4) is 0 Å². The molecule has 3 N–H and O–H groups in total. The van der Waals surface area contributed by atoms with Gasteiger partial charge in [0.15, 0.2) is 5.96 Å². The lowest BCUT2D eigenvalue weighted by Crippen LogP contribution is -2.45. The molecular weight excluding hydrogens is 330 g/mol. The maximum absolute atomic E-state index is 11.6. The predicted octanol–water partition coefficient (Wildman–Crippen LogP) is 0.970. The van der Waals surface area contributed by atoms with Crippen LogP contribution in [0.4, 0.5) is 0 Å². The highest BCUT2D eigenvalue weighted by atomic mass is 16.2. The molecule has 1 heterocycles. The molecule has 26 heavy (non-hydrogen) atoms. The topological polar surface area (TPSA) is 85.8 Å². The Morgan fingerprint density at radius 3 is 2.31 bits per heavy atom. The molecule has 1 aliphatic rings. The quantitative estimate of drug-likeness (QED) is 0.540. The Hall–Kier alpha value is -2.57. The molecule has 0 unspecified atom stereocenters. The van der Waals surface area contributed by atoms with Crippen LogP contribution in [0.1, 0.15) is 35.2 Å². The van der Waals surface area contributed by atoms with Crippen molar-refractivity contribution in [2.24, 2.45) is 10.9 Å². The molecule has 142 valence electrons. The SMILES string of the molecule is CN=C(NCc1ccc(C(=O)NC)cc1)N1CCC(CC(=O)NC)CC1. The van der Waals surface area contributed by atoms with Gasteiger partial charge in [0.25, 0.3) is 5.91 Å². The normalized spacial score (nSPS) is 15.5. The Morgan fingerprint density at radius 1 is 1.12 bits per heavy atom.